The molecule has 0 aliphatic heterocycles. The first kappa shape index (κ1) is 15.8. The van der Waals surface area contributed by atoms with Gasteiger partial charge in [-0.3, -0.25) is 4.98 Å². The molecule has 0 radical (unpaired) electrons. The van der Waals surface area contributed by atoms with Gasteiger partial charge in [-0.05, 0) is 47.2 Å². The molecule has 0 atom stereocenters. The maximum Gasteiger partial charge on any atom is 0.0860 e. The largest absolute Gasteiger partial charge is 0.384 e. The van der Waals surface area contributed by atoms with E-state index in [9.17, 15) is 0 Å². The first-order valence-corrected chi connectivity index (χ1v) is 8.32. The van der Waals surface area contributed by atoms with E-state index in [1.54, 1.807) is 0 Å². The van der Waals surface area contributed by atoms with Crippen LogP contribution >= 0.6 is 34.2 Å². The molecule has 0 saturated heterocycles. The van der Waals surface area contributed by atoms with Gasteiger partial charge < -0.3 is 5.32 Å². The van der Waals surface area contributed by atoms with Crippen molar-refractivity contribution in [3.63, 3.8) is 0 Å². The number of nitrogens with one attached hydrogen (secondary N) is 1. The van der Waals surface area contributed by atoms with E-state index in [1.165, 1.54) is 0 Å². The van der Waals surface area contributed by atoms with Gasteiger partial charge in [-0.25, -0.2) is 0 Å². The predicted octanol–water partition coefficient (Wildman–Crippen LogP) is 5.61. The quantitative estimate of drug-likeness (QED) is 0.675. The molecule has 0 saturated carbocycles. The summed E-state index contributed by atoms with van der Waals surface area (Å²) in [5.41, 5.74) is 3.28. The summed E-state index contributed by atoms with van der Waals surface area (Å²) < 4.78 is 1.09. The highest BCUT2D eigenvalue weighted by Gasteiger charge is 2.19. The third-order valence-electron chi connectivity index (χ3n) is 3.17. The number of nitrogens with zero attached hydrogens (tertiary/aromatic N) is 1. The molecule has 1 aromatic heterocycles. The molecule has 0 amide bonds. The lowest BCUT2D eigenvalue weighted by molar-refractivity contribution is 0.571. The number of hydrogen-bond donors (Lipinski definition) is 1. The number of hydrogen-bond acceptors (Lipinski definition) is 2. The Hall–Kier alpha value is -0.550. The fourth-order valence-electron chi connectivity index (χ4n) is 2.04. The molecule has 1 aromatic carbocycles. The van der Waals surface area contributed by atoms with Gasteiger partial charge in [-0.15, -0.1) is 0 Å². The van der Waals surface area contributed by atoms with Crippen LogP contribution in [0.4, 0.5) is 5.69 Å². The van der Waals surface area contributed by atoms with Gasteiger partial charge in [0.2, 0.25) is 0 Å². The second-order valence-electron chi connectivity index (χ2n) is 6.02. The zero-order valence-electron chi connectivity index (χ0n) is 12.3. The molecule has 0 unspecified atom stereocenters. The Labute approximate surface area is 139 Å². The molecule has 2 rings (SSSR count). The summed E-state index contributed by atoms with van der Waals surface area (Å²) >= 11 is 8.51. The van der Waals surface area contributed by atoms with E-state index >= 15 is 0 Å². The van der Waals surface area contributed by atoms with Crippen molar-refractivity contribution < 1.29 is 0 Å². The van der Waals surface area contributed by atoms with Gasteiger partial charge in [-0.1, -0.05) is 39.3 Å². The van der Waals surface area contributed by atoms with Crippen molar-refractivity contribution in [3.05, 3.63) is 32.5 Å². The molecule has 4 heteroatoms. The van der Waals surface area contributed by atoms with Gasteiger partial charge in [0, 0.05) is 37.3 Å². The second-order valence-corrected chi connectivity index (χ2v) is 7.61. The Bertz CT molecular complexity index is 632. The smallest absolute Gasteiger partial charge is 0.0860 e. The van der Waals surface area contributed by atoms with Gasteiger partial charge in [0.25, 0.3) is 0 Å². The molecule has 0 spiro atoms. The summed E-state index contributed by atoms with van der Waals surface area (Å²) in [7, 11) is 0. The van der Waals surface area contributed by atoms with Gasteiger partial charge in [0.1, 0.15) is 0 Å². The number of rotatable bonds is 3. The molecule has 1 N–H and O–H groups in total. The minimum Gasteiger partial charge on any atom is -0.384 e. The normalized spacial score (nSPS) is 11.9. The maximum atomic E-state index is 6.20. The highest BCUT2D eigenvalue weighted by Crippen LogP contribution is 2.33. The van der Waals surface area contributed by atoms with Crippen molar-refractivity contribution >= 4 is 50.8 Å². The summed E-state index contributed by atoms with van der Waals surface area (Å²) in [5.74, 6) is 0. The number of pyridine rings is 1. The lowest BCUT2D eigenvalue weighted by Crippen LogP contribution is -2.15. The molecule has 20 heavy (non-hydrogen) atoms. The molecule has 2 nitrogen and oxygen atoms in total. The van der Waals surface area contributed by atoms with Crippen LogP contribution in [0.2, 0.25) is 5.02 Å². The SMILES string of the molecule is CCCNc1cc(C(C)(C)C)nc2c(I)cc(Cl)cc12. The van der Waals surface area contributed by atoms with Crippen molar-refractivity contribution in [1.29, 1.82) is 0 Å². The monoisotopic (exact) mass is 402 g/mol. The van der Waals surface area contributed by atoms with E-state index in [4.69, 9.17) is 16.6 Å². The molecule has 0 bridgehead atoms. The van der Waals surface area contributed by atoms with Crippen LogP contribution < -0.4 is 5.32 Å². The first-order valence-electron chi connectivity index (χ1n) is 6.87. The van der Waals surface area contributed by atoms with Crippen LogP contribution in [-0.4, -0.2) is 11.5 Å². The van der Waals surface area contributed by atoms with E-state index in [1.807, 2.05) is 12.1 Å². The van der Waals surface area contributed by atoms with Crippen LogP contribution in [0.1, 0.15) is 39.8 Å². The maximum absolute atomic E-state index is 6.20. The van der Waals surface area contributed by atoms with Crippen LogP contribution in [0.25, 0.3) is 10.9 Å². The van der Waals surface area contributed by atoms with E-state index in [0.717, 1.165) is 43.8 Å². The molecule has 0 fully saturated rings. The summed E-state index contributed by atoms with van der Waals surface area (Å²) in [6.45, 7) is 9.68. The molecule has 0 aliphatic carbocycles. The zero-order valence-corrected chi connectivity index (χ0v) is 15.3. The number of aromatic nitrogens is 1. The van der Waals surface area contributed by atoms with Crippen LogP contribution in [0, 0.1) is 3.57 Å². The van der Waals surface area contributed by atoms with E-state index < -0.39 is 0 Å². The highest BCUT2D eigenvalue weighted by atomic mass is 127. The Morgan fingerprint density at radius 1 is 1.25 bits per heavy atom. The highest BCUT2D eigenvalue weighted by molar-refractivity contribution is 14.1. The first-order chi connectivity index (χ1) is 9.32. The standard InChI is InChI=1S/C16H20ClIN2/c1-5-6-19-13-9-14(16(2,3)4)20-15-11(13)7-10(17)8-12(15)18/h7-9H,5-6H2,1-4H3,(H,19,20). The summed E-state index contributed by atoms with van der Waals surface area (Å²) in [6, 6.07) is 6.12. The lowest BCUT2D eigenvalue weighted by atomic mass is 9.90. The van der Waals surface area contributed by atoms with Crippen molar-refractivity contribution in [3.8, 4) is 0 Å². The molecule has 108 valence electrons. The molecular weight excluding hydrogens is 383 g/mol. The van der Waals surface area contributed by atoms with Crippen LogP contribution in [0.5, 0.6) is 0 Å². The third kappa shape index (κ3) is 3.37. The van der Waals surface area contributed by atoms with Crippen molar-refractivity contribution in [2.24, 2.45) is 0 Å². The van der Waals surface area contributed by atoms with Crippen molar-refractivity contribution in [2.45, 2.75) is 39.5 Å². The predicted molar refractivity (Wildman–Crippen MR) is 97.0 cm³/mol. The number of halogens is 2. The van der Waals surface area contributed by atoms with E-state index in [0.29, 0.717) is 0 Å². The van der Waals surface area contributed by atoms with Crippen LogP contribution in [0.3, 0.4) is 0 Å². The summed E-state index contributed by atoms with van der Waals surface area (Å²) in [6.07, 6.45) is 1.09. The fraction of sp³-hybridized carbons (Fsp3) is 0.438. The molecule has 1 heterocycles. The minimum absolute atomic E-state index is 0.0273. The van der Waals surface area contributed by atoms with Gasteiger partial charge in [0.05, 0.1) is 5.52 Å². The van der Waals surface area contributed by atoms with Crippen LogP contribution in [0.15, 0.2) is 18.2 Å². The third-order valence-corrected chi connectivity index (χ3v) is 4.21. The Kier molecular flexibility index (Phi) is 4.80. The van der Waals surface area contributed by atoms with Crippen molar-refractivity contribution in [1.82, 2.24) is 4.98 Å². The topological polar surface area (TPSA) is 24.9 Å². The average Bonchev–Trinajstić information content (AvgIpc) is 2.34. The average molecular weight is 403 g/mol. The van der Waals surface area contributed by atoms with Gasteiger partial charge in [0.15, 0.2) is 0 Å². The Balaban J connectivity index is 2.71. The second kappa shape index (κ2) is 6.06. The van der Waals surface area contributed by atoms with Crippen LogP contribution in [-0.2, 0) is 5.41 Å². The van der Waals surface area contributed by atoms with Gasteiger partial charge >= 0.3 is 0 Å². The minimum atomic E-state index is 0.0273. The zero-order chi connectivity index (χ0) is 14.9. The summed E-state index contributed by atoms with van der Waals surface area (Å²) in [5, 5.41) is 5.36. The van der Waals surface area contributed by atoms with E-state index in [2.05, 4.69) is 61.7 Å². The number of anilines is 1. The van der Waals surface area contributed by atoms with E-state index in [-0.39, 0.29) is 5.41 Å². The van der Waals surface area contributed by atoms with Gasteiger partial charge in [-0.2, -0.15) is 0 Å². The Morgan fingerprint density at radius 3 is 2.55 bits per heavy atom. The molecule has 2 aromatic rings. The number of benzene rings is 1. The molecule has 0 aliphatic rings. The molecular formula is C16H20ClIN2. The van der Waals surface area contributed by atoms with Crippen molar-refractivity contribution in [2.75, 3.05) is 11.9 Å². The fourth-order valence-corrected chi connectivity index (χ4v) is 3.19. The lowest BCUT2D eigenvalue weighted by Gasteiger charge is -2.21. The Morgan fingerprint density at radius 2 is 1.95 bits per heavy atom. The number of fused-ring (bicyclic) bond motifs is 1. The summed E-state index contributed by atoms with van der Waals surface area (Å²) in [4.78, 5) is 4.85.